The lowest BCUT2D eigenvalue weighted by molar-refractivity contribution is 0.00578. The molecule has 148 valence electrons. The van der Waals surface area contributed by atoms with E-state index in [-0.39, 0.29) is 6.54 Å². The standard InChI is InChI=1S/C19H30BN3O4/c1-17(2,3)25-16(24)23-12-13(11-15-14(21)9-8-10-22-15)20-26-18(4,5)19(6,7)27-20/h8-11H,12,21H2,1-7H3,(H,23,24). The molecule has 1 aromatic heterocycles. The number of nitrogens with zero attached hydrogens (tertiary/aromatic N) is 1. The molecule has 1 aromatic rings. The van der Waals surface area contributed by atoms with E-state index in [2.05, 4.69) is 10.3 Å². The van der Waals surface area contributed by atoms with Crippen LogP contribution in [0.5, 0.6) is 0 Å². The van der Waals surface area contributed by atoms with Gasteiger partial charge in [-0.1, -0.05) is 0 Å². The fourth-order valence-corrected chi connectivity index (χ4v) is 2.41. The third-order valence-electron chi connectivity index (χ3n) is 4.59. The molecule has 8 heteroatoms. The minimum absolute atomic E-state index is 0.182. The summed E-state index contributed by atoms with van der Waals surface area (Å²) in [5, 5.41) is 2.75. The molecule has 0 unspecified atom stereocenters. The van der Waals surface area contributed by atoms with Crippen LogP contribution in [-0.2, 0) is 14.0 Å². The van der Waals surface area contributed by atoms with Gasteiger partial charge >= 0.3 is 13.2 Å². The maximum atomic E-state index is 12.1. The van der Waals surface area contributed by atoms with Crippen LogP contribution in [0.25, 0.3) is 6.08 Å². The molecule has 1 aliphatic rings. The van der Waals surface area contributed by atoms with Gasteiger partial charge in [0.15, 0.2) is 0 Å². The van der Waals surface area contributed by atoms with Crippen molar-refractivity contribution in [1.82, 2.24) is 10.3 Å². The summed E-state index contributed by atoms with van der Waals surface area (Å²) in [6.45, 7) is 13.5. The second-order valence-electron chi connectivity index (χ2n) is 8.64. The molecule has 27 heavy (non-hydrogen) atoms. The van der Waals surface area contributed by atoms with Crippen LogP contribution in [0.4, 0.5) is 10.5 Å². The number of hydrogen-bond donors (Lipinski definition) is 2. The van der Waals surface area contributed by atoms with Gasteiger partial charge in [0.05, 0.1) is 22.6 Å². The van der Waals surface area contributed by atoms with Crippen LogP contribution in [-0.4, -0.2) is 41.5 Å². The van der Waals surface area contributed by atoms with E-state index in [1.54, 1.807) is 24.4 Å². The Hall–Kier alpha value is -2.06. The maximum absolute atomic E-state index is 12.1. The van der Waals surface area contributed by atoms with E-state index < -0.39 is 30.0 Å². The normalized spacial score (nSPS) is 19.1. The molecule has 3 N–H and O–H groups in total. The number of nitrogens with two attached hydrogens (primary N) is 1. The number of rotatable bonds is 4. The topological polar surface area (TPSA) is 95.7 Å². The van der Waals surface area contributed by atoms with E-state index in [0.717, 1.165) is 0 Å². The average Bonchev–Trinajstić information content (AvgIpc) is 2.71. The Morgan fingerprint density at radius 2 is 1.89 bits per heavy atom. The van der Waals surface area contributed by atoms with Crippen LogP contribution >= 0.6 is 0 Å². The van der Waals surface area contributed by atoms with E-state index in [0.29, 0.717) is 16.9 Å². The highest BCUT2D eigenvalue weighted by molar-refractivity contribution is 6.56. The smallest absolute Gasteiger partial charge is 0.444 e. The van der Waals surface area contributed by atoms with Crippen molar-refractivity contribution in [1.29, 1.82) is 0 Å². The molecular formula is C19H30BN3O4. The predicted octanol–water partition coefficient (Wildman–Crippen LogP) is 3.20. The van der Waals surface area contributed by atoms with Gasteiger partial charge in [-0.05, 0) is 72.1 Å². The van der Waals surface area contributed by atoms with Gasteiger partial charge in [-0.25, -0.2) is 4.79 Å². The number of carbonyl (C=O) groups is 1. The molecule has 0 aliphatic carbocycles. The predicted molar refractivity (Wildman–Crippen MR) is 107 cm³/mol. The summed E-state index contributed by atoms with van der Waals surface area (Å²) in [5.74, 6) is 0. The molecule has 2 heterocycles. The van der Waals surface area contributed by atoms with Gasteiger partial charge in [0.1, 0.15) is 5.60 Å². The van der Waals surface area contributed by atoms with Crippen molar-refractivity contribution in [2.45, 2.75) is 65.3 Å². The Labute approximate surface area is 161 Å². The second kappa shape index (κ2) is 7.52. The number of aromatic nitrogens is 1. The largest absolute Gasteiger partial charge is 0.492 e. The molecule has 2 rings (SSSR count). The van der Waals surface area contributed by atoms with Crippen LogP contribution in [0.1, 0.15) is 54.2 Å². The van der Waals surface area contributed by atoms with Crippen molar-refractivity contribution in [2.75, 3.05) is 12.3 Å². The SMILES string of the molecule is CC(C)(C)OC(=O)NCC(=Cc1ncccc1N)B1OC(C)(C)C(C)(C)O1. The number of nitrogens with one attached hydrogen (secondary N) is 1. The second-order valence-corrected chi connectivity index (χ2v) is 8.64. The third-order valence-corrected chi connectivity index (χ3v) is 4.59. The molecular weight excluding hydrogens is 345 g/mol. The molecule has 0 aromatic carbocycles. The summed E-state index contributed by atoms with van der Waals surface area (Å²) in [6, 6.07) is 3.53. The van der Waals surface area contributed by atoms with E-state index >= 15 is 0 Å². The summed E-state index contributed by atoms with van der Waals surface area (Å²) in [7, 11) is -0.633. The number of amides is 1. The number of hydrogen-bond acceptors (Lipinski definition) is 6. The molecule has 7 nitrogen and oxygen atoms in total. The fraction of sp³-hybridized carbons (Fsp3) is 0.579. The minimum Gasteiger partial charge on any atom is -0.444 e. The molecule has 1 saturated heterocycles. The zero-order valence-electron chi connectivity index (χ0n) is 17.3. The number of carbonyl (C=O) groups excluding carboxylic acids is 1. The Morgan fingerprint density at radius 1 is 1.30 bits per heavy atom. The van der Waals surface area contributed by atoms with E-state index in [1.165, 1.54) is 0 Å². The summed E-state index contributed by atoms with van der Waals surface area (Å²) in [6.07, 6.45) is 2.93. The summed E-state index contributed by atoms with van der Waals surface area (Å²) in [4.78, 5) is 16.4. The van der Waals surface area contributed by atoms with Crippen molar-refractivity contribution < 1.29 is 18.8 Å². The Morgan fingerprint density at radius 3 is 2.41 bits per heavy atom. The highest BCUT2D eigenvalue weighted by Gasteiger charge is 2.52. The van der Waals surface area contributed by atoms with Crippen LogP contribution in [0.3, 0.4) is 0 Å². The van der Waals surface area contributed by atoms with Crippen molar-refractivity contribution in [3.8, 4) is 0 Å². The van der Waals surface area contributed by atoms with Gasteiger partial charge in [0, 0.05) is 12.7 Å². The van der Waals surface area contributed by atoms with Gasteiger partial charge < -0.3 is 25.1 Å². The number of pyridine rings is 1. The molecule has 0 spiro atoms. The van der Waals surface area contributed by atoms with Crippen molar-refractivity contribution >= 4 is 25.0 Å². The molecule has 0 atom stereocenters. The molecule has 1 fully saturated rings. The van der Waals surface area contributed by atoms with Crippen LogP contribution in [0.15, 0.2) is 23.8 Å². The first kappa shape index (κ1) is 21.2. The summed E-state index contributed by atoms with van der Waals surface area (Å²) >= 11 is 0. The number of ether oxygens (including phenoxy) is 1. The Balaban J connectivity index is 2.25. The van der Waals surface area contributed by atoms with Gasteiger partial charge in [0.25, 0.3) is 0 Å². The first-order chi connectivity index (χ1) is 12.3. The lowest BCUT2D eigenvalue weighted by atomic mass is 9.77. The number of nitrogen functional groups attached to an aromatic ring is 1. The summed E-state index contributed by atoms with van der Waals surface area (Å²) < 4.78 is 17.5. The molecule has 1 amide bonds. The van der Waals surface area contributed by atoms with E-state index in [1.807, 2.05) is 48.5 Å². The zero-order valence-corrected chi connectivity index (χ0v) is 17.3. The summed E-state index contributed by atoms with van der Waals surface area (Å²) in [5.41, 5.74) is 6.25. The van der Waals surface area contributed by atoms with E-state index in [9.17, 15) is 4.79 Å². The third kappa shape index (κ3) is 5.46. The average molecular weight is 375 g/mol. The maximum Gasteiger partial charge on any atom is 0.492 e. The van der Waals surface area contributed by atoms with Crippen LogP contribution in [0.2, 0.25) is 0 Å². The highest BCUT2D eigenvalue weighted by atomic mass is 16.7. The van der Waals surface area contributed by atoms with Gasteiger partial charge in [0.2, 0.25) is 0 Å². The van der Waals surface area contributed by atoms with E-state index in [4.69, 9.17) is 19.8 Å². The molecule has 0 radical (unpaired) electrons. The first-order valence-corrected chi connectivity index (χ1v) is 9.04. The quantitative estimate of drug-likeness (QED) is 0.785. The number of alkyl carbamates (subject to hydrolysis) is 1. The number of anilines is 1. The monoisotopic (exact) mass is 375 g/mol. The van der Waals surface area contributed by atoms with Gasteiger partial charge in [-0.3, -0.25) is 4.98 Å². The Kier molecular flexibility index (Phi) is 5.92. The Bertz CT molecular complexity index is 710. The molecule has 0 bridgehead atoms. The van der Waals surface area contributed by atoms with Gasteiger partial charge in [-0.2, -0.15) is 0 Å². The van der Waals surface area contributed by atoms with Crippen LogP contribution in [0, 0.1) is 0 Å². The van der Waals surface area contributed by atoms with Gasteiger partial charge in [-0.15, -0.1) is 0 Å². The van der Waals surface area contributed by atoms with Crippen LogP contribution < -0.4 is 11.1 Å². The lowest BCUT2D eigenvalue weighted by Crippen LogP contribution is -2.41. The van der Waals surface area contributed by atoms with Crippen molar-refractivity contribution in [2.24, 2.45) is 0 Å². The fourth-order valence-electron chi connectivity index (χ4n) is 2.41. The minimum atomic E-state index is -0.633. The highest BCUT2D eigenvalue weighted by Crippen LogP contribution is 2.38. The first-order valence-electron chi connectivity index (χ1n) is 9.04. The molecule has 1 aliphatic heterocycles. The van der Waals surface area contributed by atoms with Crippen molar-refractivity contribution in [3.05, 3.63) is 29.5 Å². The van der Waals surface area contributed by atoms with Crippen molar-refractivity contribution in [3.63, 3.8) is 0 Å². The lowest BCUT2D eigenvalue weighted by Gasteiger charge is -2.32. The molecule has 0 saturated carbocycles. The zero-order chi connectivity index (χ0) is 20.5.